The van der Waals surface area contributed by atoms with Gasteiger partial charge in [0.15, 0.2) is 0 Å². The minimum atomic E-state index is -5.70. The van der Waals surface area contributed by atoms with Gasteiger partial charge < -0.3 is 15.2 Å². The Balaban J connectivity index is 2.82. The van der Waals surface area contributed by atoms with Crippen LogP contribution in [0.2, 0.25) is 0 Å². The standard InChI is InChI=1S/C12H12F5NO3/c1-20-10(19)9-7(3-2-4-8(9)18)5-21-6-11(13,14)12(15,16)17/h2-4H,5-6,18H2,1H3. The lowest BCUT2D eigenvalue weighted by molar-refractivity contribution is -0.297. The van der Waals surface area contributed by atoms with Crippen molar-refractivity contribution >= 4 is 11.7 Å². The van der Waals surface area contributed by atoms with Crippen molar-refractivity contribution in [2.45, 2.75) is 18.7 Å². The second-order valence-electron chi connectivity index (χ2n) is 4.07. The van der Waals surface area contributed by atoms with Crippen molar-refractivity contribution in [1.29, 1.82) is 0 Å². The topological polar surface area (TPSA) is 61.5 Å². The Bertz CT molecular complexity index is 516. The summed E-state index contributed by atoms with van der Waals surface area (Å²) in [6.07, 6.45) is -5.70. The van der Waals surface area contributed by atoms with Crippen LogP contribution in [0.1, 0.15) is 15.9 Å². The number of nitrogen functional groups attached to an aromatic ring is 1. The number of ether oxygens (including phenoxy) is 2. The molecule has 4 nitrogen and oxygen atoms in total. The molecule has 1 rings (SSSR count). The van der Waals surface area contributed by atoms with E-state index in [0.717, 1.165) is 7.11 Å². The normalized spacial score (nSPS) is 12.3. The first kappa shape index (κ1) is 17.2. The minimum absolute atomic E-state index is 0.00512. The molecule has 0 radical (unpaired) electrons. The molecule has 118 valence electrons. The number of anilines is 1. The summed E-state index contributed by atoms with van der Waals surface area (Å²) < 4.78 is 70.1. The fourth-order valence-electron chi connectivity index (χ4n) is 1.46. The van der Waals surface area contributed by atoms with Gasteiger partial charge in [-0.15, -0.1) is 0 Å². The Hall–Kier alpha value is -1.90. The minimum Gasteiger partial charge on any atom is -0.465 e. The van der Waals surface area contributed by atoms with Gasteiger partial charge in [0.1, 0.15) is 6.61 Å². The lowest BCUT2D eigenvalue weighted by Crippen LogP contribution is -2.40. The van der Waals surface area contributed by atoms with E-state index in [0.29, 0.717) is 0 Å². The molecule has 0 saturated heterocycles. The molecule has 0 aliphatic rings. The van der Waals surface area contributed by atoms with Gasteiger partial charge in [-0.1, -0.05) is 12.1 Å². The second kappa shape index (κ2) is 6.25. The number of carbonyl (C=O) groups excluding carboxylic acids is 1. The first-order valence-electron chi connectivity index (χ1n) is 5.58. The number of benzene rings is 1. The maximum atomic E-state index is 12.7. The van der Waals surface area contributed by atoms with Crippen molar-refractivity contribution in [3.63, 3.8) is 0 Å². The molecule has 0 aliphatic carbocycles. The summed E-state index contributed by atoms with van der Waals surface area (Å²) in [5, 5.41) is 0. The largest absolute Gasteiger partial charge is 0.465 e. The Morgan fingerprint density at radius 3 is 2.38 bits per heavy atom. The van der Waals surface area contributed by atoms with E-state index in [-0.39, 0.29) is 16.8 Å². The molecule has 0 aliphatic heterocycles. The molecule has 0 fully saturated rings. The maximum Gasteiger partial charge on any atom is 0.455 e. The number of nitrogens with two attached hydrogens (primary N) is 1. The van der Waals surface area contributed by atoms with Crippen molar-refractivity contribution in [3.8, 4) is 0 Å². The van der Waals surface area contributed by atoms with E-state index in [1.807, 2.05) is 0 Å². The number of alkyl halides is 5. The van der Waals surface area contributed by atoms with E-state index < -0.39 is 31.3 Å². The summed E-state index contributed by atoms with van der Waals surface area (Å²) in [4.78, 5) is 11.5. The van der Waals surface area contributed by atoms with Crippen molar-refractivity contribution in [2.24, 2.45) is 0 Å². The van der Waals surface area contributed by atoms with Crippen LogP contribution in [0.5, 0.6) is 0 Å². The highest BCUT2D eigenvalue weighted by molar-refractivity contribution is 5.96. The second-order valence-corrected chi connectivity index (χ2v) is 4.07. The molecule has 0 heterocycles. The highest BCUT2D eigenvalue weighted by Crippen LogP contribution is 2.35. The number of rotatable bonds is 5. The number of halogens is 5. The number of methoxy groups -OCH3 is 1. The maximum absolute atomic E-state index is 12.7. The summed E-state index contributed by atoms with van der Waals surface area (Å²) in [6.45, 7) is -2.49. The summed E-state index contributed by atoms with van der Waals surface area (Å²) >= 11 is 0. The third-order valence-electron chi connectivity index (χ3n) is 2.53. The number of carbonyl (C=O) groups is 1. The van der Waals surface area contributed by atoms with E-state index in [2.05, 4.69) is 9.47 Å². The quantitative estimate of drug-likeness (QED) is 0.516. The molecular weight excluding hydrogens is 301 g/mol. The van der Waals surface area contributed by atoms with E-state index in [1.165, 1.54) is 18.2 Å². The molecule has 0 atom stereocenters. The monoisotopic (exact) mass is 313 g/mol. The zero-order valence-corrected chi connectivity index (χ0v) is 10.8. The zero-order valence-electron chi connectivity index (χ0n) is 10.8. The van der Waals surface area contributed by atoms with Crippen LogP contribution in [-0.2, 0) is 16.1 Å². The fraction of sp³-hybridized carbons (Fsp3) is 0.417. The molecule has 0 amide bonds. The first-order valence-corrected chi connectivity index (χ1v) is 5.58. The van der Waals surface area contributed by atoms with Crippen molar-refractivity contribution in [1.82, 2.24) is 0 Å². The van der Waals surface area contributed by atoms with Gasteiger partial charge in [0.25, 0.3) is 0 Å². The van der Waals surface area contributed by atoms with Gasteiger partial charge in [-0.05, 0) is 11.6 Å². The molecule has 0 unspecified atom stereocenters. The van der Waals surface area contributed by atoms with Crippen LogP contribution in [0.4, 0.5) is 27.6 Å². The zero-order chi connectivity index (χ0) is 16.3. The fourth-order valence-corrected chi connectivity index (χ4v) is 1.46. The summed E-state index contributed by atoms with van der Waals surface area (Å²) in [5.41, 5.74) is 5.47. The van der Waals surface area contributed by atoms with E-state index in [4.69, 9.17) is 5.73 Å². The molecule has 0 aromatic heterocycles. The van der Waals surface area contributed by atoms with Gasteiger partial charge in [-0.25, -0.2) is 4.79 Å². The van der Waals surface area contributed by atoms with Crippen LogP contribution >= 0.6 is 0 Å². The smallest absolute Gasteiger partial charge is 0.455 e. The number of hydrogen-bond acceptors (Lipinski definition) is 4. The van der Waals surface area contributed by atoms with Crippen molar-refractivity contribution < 1.29 is 36.2 Å². The average Bonchev–Trinajstić information content (AvgIpc) is 2.36. The van der Waals surface area contributed by atoms with Crippen LogP contribution in [-0.4, -0.2) is 31.8 Å². The summed E-state index contributed by atoms with van der Waals surface area (Å²) in [7, 11) is 1.08. The molecular formula is C12H12F5NO3. The Morgan fingerprint density at radius 1 is 1.24 bits per heavy atom. The SMILES string of the molecule is COC(=O)c1c(N)cccc1COCC(F)(F)C(F)(F)F. The molecule has 21 heavy (non-hydrogen) atoms. The van der Waals surface area contributed by atoms with Gasteiger partial charge in [-0.3, -0.25) is 0 Å². The van der Waals surface area contributed by atoms with Crippen LogP contribution in [0.15, 0.2) is 18.2 Å². The predicted octanol–water partition coefficient (Wildman–Crippen LogP) is 2.77. The molecule has 0 spiro atoms. The first-order chi connectivity index (χ1) is 9.60. The molecule has 9 heteroatoms. The van der Waals surface area contributed by atoms with Crippen LogP contribution < -0.4 is 5.73 Å². The van der Waals surface area contributed by atoms with E-state index in [9.17, 15) is 26.7 Å². The van der Waals surface area contributed by atoms with E-state index >= 15 is 0 Å². The third-order valence-corrected chi connectivity index (χ3v) is 2.53. The lowest BCUT2D eigenvalue weighted by Gasteiger charge is -2.19. The molecule has 2 N–H and O–H groups in total. The van der Waals surface area contributed by atoms with Gasteiger partial charge in [0, 0.05) is 5.69 Å². The summed E-state index contributed by atoms with van der Waals surface area (Å²) in [6, 6.07) is 4.08. The van der Waals surface area contributed by atoms with Gasteiger partial charge >= 0.3 is 18.1 Å². The molecule has 0 bridgehead atoms. The predicted molar refractivity (Wildman–Crippen MR) is 62.9 cm³/mol. The van der Waals surface area contributed by atoms with Gasteiger partial charge in [-0.2, -0.15) is 22.0 Å². The third kappa shape index (κ3) is 4.03. The van der Waals surface area contributed by atoms with Crippen LogP contribution in [0, 0.1) is 0 Å². The van der Waals surface area contributed by atoms with Crippen LogP contribution in [0.3, 0.4) is 0 Å². The highest BCUT2D eigenvalue weighted by atomic mass is 19.4. The molecule has 1 aromatic carbocycles. The van der Waals surface area contributed by atoms with E-state index in [1.54, 1.807) is 0 Å². The Labute approximate surface area is 116 Å². The molecule has 0 saturated carbocycles. The Morgan fingerprint density at radius 2 is 1.86 bits per heavy atom. The molecule has 1 aromatic rings. The van der Waals surface area contributed by atoms with Crippen molar-refractivity contribution in [2.75, 3.05) is 19.5 Å². The van der Waals surface area contributed by atoms with Gasteiger partial charge in [0.05, 0.1) is 19.3 Å². The Kier molecular flexibility index (Phi) is 5.10. The van der Waals surface area contributed by atoms with Crippen molar-refractivity contribution in [3.05, 3.63) is 29.3 Å². The summed E-state index contributed by atoms with van der Waals surface area (Å²) in [5.74, 6) is -5.81. The van der Waals surface area contributed by atoms with Crippen LogP contribution in [0.25, 0.3) is 0 Å². The average molecular weight is 313 g/mol. The highest BCUT2D eigenvalue weighted by Gasteiger charge is 2.57. The number of esters is 1. The van der Waals surface area contributed by atoms with Gasteiger partial charge in [0.2, 0.25) is 0 Å². The number of hydrogen-bond donors (Lipinski definition) is 1. The lowest BCUT2D eigenvalue weighted by atomic mass is 10.1.